The molecule has 3 rings (SSSR count). The van der Waals surface area contributed by atoms with Crippen molar-refractivity contribution in [3.05, 3.63) is 59.3 Å². The predicted molar refractivity (Wildman–Crippen MR) is 106 cm³/mol. The van der Waals surface area contributed by atoms with E-state index in [4.69, 9.17) is 6.42 Å². The van der Waals surface area contributed by atoms with Gasteiger partial charge in [-0.15, -0.1) is 12.3 Å². The molecule has 0 spiro atoms. The van der Waals surface area contributed by atoms with Crippen molar-refractivity contribution in [2.24, 2.45) is 0 Å². The Hall–Kier alpha value is -2.80. The summed E-state index contributed by atoms with van der Waals surface area (Å²) in [5.74, 6) is 2.50. The van der Waals surface area contributed by atoms with Crippen molar-refractivity contribution in [1.82, 2.24) is 9.55 Å². The van der Waals surface area contributed by atoms with Gasteiger partial charge in [0.05, 0.1) is 23.6 Å². The molecule has 0 saturated carbocycles. The highest BCUT2D eigenvalue weighted by molar-refractivity contribution is 5.95. The minimum absolute atomic E-state index is 0.201. The summed E-state index contributed by atoms with van der Waals surface area (Å²) in [6.07, 6.45) is 11.8. The summed E-state index contributed by atoms with van der Waals surface area (Å²) in [6.45, 7) is 5.97. The van der Waals surface area contributed by atoms with Crippen LogP contribution in [0.5, 0.6) is 0 Å². The Morgan fingerprint density at radius 2 is 1.96 bits per heavy atom. The number of anilines is 1. The zero-order valence-corrected chi connectivity index (χ0v) is 15.3. The molecule has 0 radical (unpaired) electrons. The summed E-state index contributed by atoms with van der Waals surface area (Å²) in [7, 11) is 0. The third kappa shape index (κ3) is 3.72. The number of nitrogens with zero attached hydrogens (tertiary/aromatic N) is 2. The van der Waals surface area contributed by atoms with Gasteiger partial charge in [-0.25, -0.2) is 4.39 Å². The quantitative estimate of drug-likeness (QED) is 0.488. The molecule has 26 heavy (non-hydrogen) atoms. The van der Waals surface area contributed by atoms with E-state index in [0.29, 0.717) is 0 Å². The van der Waals surface area contributed by atoms with Gasteiger partial charge < -0.3 is 9.88 Å². The van der Waals surface area contributed by atoms with E-state index in [1.807, 2.05) is 24.5 Å². The fraction of sp³-hybridized carbons (Fsp3) is 0.318. The smallest absolute Gasteiger partial charge is 0.123 e. The molecule has 4 heteroatoms. The van der Waals surface area contributed by atoms with E-state index in [2.05, 4.69) is 34.6 Å². The zero-order chi connectivity index (χ0) is 18.5. The summed E-state index contributed by atoms with van der Waals surface area (Å²) in [4.78, 5) is 4.42. The van der Waals surface area contributed by atoms with Crippen LogP contribution in [0.3, 0.4) is 0 Å². The highest BCUT2D eigenvalue weighted by Crippen LogP contribution is 2.31. The number of aryl methyl sites for hydroxylation is 2. The van der Waals surface area contributed by atoms with Crippen LogP contribution in [-0.2, 0) is 13.0 Å². The van der Waals surface area contributed by atoms with Crippen LogP contribution in [0.2, 0.25) is 0 Å². The number of rotatable bonds is 7. The van der Waals surface area contributed by atoms with Gasteiger partial charge in [-0.2, -0.15) is 0 Å². The molecule has 2 aromatic heterocycles. The van der Waals surface area contributed by atoms with Crippen molar-refractivity contribution < 1.29 is 4.39 Å². The summed E-state index contributed by atoms with van der Waals surface area (Å²) >= 11 is 0. The van der Waals surface area contributed by atoms with Gasteiger partial charge >= 0.3 is 0 Å². The number of halogens is 1. The first-order valence-corrected chi connectivity index (χ1v) is 8.97. The molecule has 0 amide bonds. The lowest BCUT2D eigenvalue weighted by molar-refractivity contribution is 0.627. The molecule has 0 unspecified atom stereocenters. The standard InChI is InChI=1S/C22H24FN3/c1-4-5-6-13-26-17(3)16(2)22-20(14-24-15-21(22)26)25-12-11-18-7-9-19(23)10-8-18/h1,7-10,14-15,25H,5-6,11-13H2,2-3H3. The molecule has 2 heterocycles. The Kier molecular flexibility index (Phi) is 5.58. The minimum atomic E-state index is -0.201. The van der Waals surface area contributed by atoms with Crippen LogP contribution < -0.4 is 5.32 Å². The zero-order valence-electron chi connectivity index (χ0n) is 15.3. The van der Waals surface area contributed by atoms with Crippen LogP contribution in [-0.4, -0.2) is 16.1 Å². The molecule has 3 aromatic rings. The van der Waals surface area contributed by atoms with Crippen molar-refractivity contribution >= 4 is 16.6 Å². The van der Waals surface area contributed by atoms with Crippen LogP contribution in [0.1, 0.15) is 29.7 Å². The number of nitrogens with one attached hydrogen (secondary N) is 1. The number of benzene rings is 1. The molecule has 3 nitrogen and oxygen atoms in total. The van der Waals surface area contributed by atoms with Crippen molar-refractivity contribution in [3.63, 3.8) is 0 Å². The van der Waals surface area contributed by atoms with Gasteiger partial charge in [-0.05, 0) is 49.9 Å². The Labute approximate surface area is 154 Å². The van der Waals surface area contributed by atoms with Gasteiger partial charge in [0.1, 0.15) is 5.82 Å². The molecule has 0 fully saturated rings. The molecule has 0 bridgehead atoms. The predicted octanol–water partition coefficient (Wildman–Crippen LogP) is 4.86. The summed E-state index contributed by atoms with van der Waals surface area (Å²) in [5, 5.41) is 4.72. The second-order valence-corrected chi connectivity index (χ2v) is 6.55. The molecule has 0 aliphatic carbocycles. The number of pyridine rings is 1. The van der Waals surface area contributed by atoms with Gasteiger partial charge in [-0.1, -0.05) is 12.1 Å². The normalized spacial score (nSPS) is 10.8. The largest absolute Gasteiger partial charge is 0.383 e. The molecule has 1 aromatic carbocycles. The van der Waals surface area contributed by atoms with Gasteiger partial charge in [0.2, 0.25) is 0 Å². The minimum Gasteiger partial charge on any atom is -0.383 e. The van der Waals surface area contributed by atoms with E-state index in [1.54, 1.807) is 0 Å². The van der Waals surface area contributed by atoms with E-state index in [0.717, 1.165) is 49.1 Å². The monoisotopic (exact) mass is 349 g/mol. The maximum Gasteiger partial charge on any atom is 0.123 e. The third-order valence-corrected chi connectivity index (χ3v) is 4.88. The fourth-order valence-corrected chi connectivity index (χ4v) is 3.37. The Morgan fingerprint density at radius 1 is 1.19 bits per heavy atom. The number of terminal acetylenes is 1. The van der Waals surface area contributed by atoms with Gasteiger partial charge in [0.25, 0.3) is 0 Å². The summed E-state index contributed by atoms with van der Waals surface area (Å²) in [5.41, 5.74) is 5.82. The van der Waals surface area contributed by atoms with E-state index < -0.39 is 0 Å². The van der Waals surface area contributed by atoms with Gasteiger partial charge in [-0.3, -0.25) is 4.98 Å². The summed E-state index contributed by atoms with van der Waals surface area (Å²) in [6, 6.07) is 6.66. The average molecular weight is 349 g/mol. The first-order chi connectivity index (χ1) is 12.6. The van der Waals surface area contributed by atoms with Crippen molar-refractivity contribution in [1.29, 1.82) is 0 Å². The van der Waals surface area contributed by atoms with Crippen molar-refractivity contribution in [2.45, 2.75) is 39.7 Å². The summed E-state index contributed by atoms with van der Waals surface area (Å²) < 4.78 is 15.3. The number of unbranched alkanes of at least 4 members (excludes halogenated alkanes) is 1. The highest BCUT2D eigenvalue weighted by atomic mass is 19.1. The Bertz CT molecular complexity index is 933. The molecular formula is C22H24FN3. The van der Waals surface area contributed by atoms with E-state index >= 15 is 0 Å². The second-order valence-electron chi connectivity index (χ2n) is 6.55. The molecular weight excluding hydrogens is 325 g/mol. The molecule has 0 aliphatic rings. The lowest BCUT2D eigenvalue weighted by atomic mass is 10.1. The average Bonchev–Trinajstić information content (AvgIpc) is 2.89. The first-order valence-electron chi connectivity index (χ1n) is 8.97. The molecule has 134 valence electrons. The van der Waals surface area contributed by atoms with Crippen LogP contribution in [0.25, 0.3) is 10.9 Å². The fourth-order valence-electron chi connectivity index (χ4n) is 3.37. The number of fused-ring (bicyclic) bond motifs is 1. The van der Waals surface area contributed by atoms with E-state index in [9.17, 15) is 4.39 Å². The maximum atomic E-state index is 13.0. The lowest BCUT2D eigenvalue weighted by Crippen LogP contribution is -2.06. The molecule has 0 atom stereocenters. The van der Waals surface area contributed by atoms with Gasteiger partial charge in [0.15, 0.2) is 0 Å². The molecule has 0 aliphatic heterocycles. The van der Waals surface area contributed by atoms with E-state index in [1.165, 1.54) is 28.8 Å². The van der Waals surface area contributed by atoms with Gasteiger partial charge in [0, 0.05) is 30.6 Å². The van der Waals surface area contributed by atoms with Crippen LogP contribution >= 0.6 is 0 Å². The van der Waals surface area contributed by atoms with Crippen LogP contribution in [0.15, 0.2) is 36.7 Å². The number of hydrogen-bond acceptors (Lipinski definition) is 2. The number of hydrogen-bond donors (Lipinski definition) is 1. The number of aromatic nitrogens is 2. The van der Waals surface area contributed by atoms with Crippen molar-refractivity contribution in [3.8, 4) is 12.3 Å². The highest BCUT2D eigenvalue weighted by Gasteiger charge is 2.14. The van der Waals surface area contributed by atoms with Crippen LogP contribution in [0.4, 0.5) is 10.1 Å². The molecule has 1 N–H and O–H groups in total. The molecule has 0 saturated heterocycles. The Balaban J connectivity index is 1.79. The van der Waals surface area contributed by atoms with Crippen molar-refractivity contribution in [2.75, 3.05) is 11.9 Å². The second kappa shape index (κ2) is 8.05. The SMILES string of the molecule is C#CCCCn1c(C)c(C)c2c(NCCc3ccc(F)cc3)cncc21. The topological polar surface area (TPSA) is 29.9 Å². The van der Waals surface area contributed by atoms with Crippen LogP contribution in [0, 0.1) is 32.0 Å². The van der Waals surface area contributed by atoms with E-state index in [-0.39, 0.29) is 5.82 Å². The first kappa shape index (κ1) is 18.0. The maximum absolute atomic E-state index is 13.0. The Morgan fingerprint density at radius 3 is 2.69 bits per heavy atom. The third-order valence-electron chi connectivity index (χ3n) is 4.88. The lowest BCUT2D eigenvalue weighted by Gasteiger charge is -2.09.